The van der Waals surface area contributed by atoms with Gasteiger partial charge in [-0.1, -0.05) is 36.1 Å². The zero-order chi connectivity index (χ0) is 20.9. The van der Waals surface area contributed by atoms with Crippen molar-refractivity contribution in [2.75, 3.05) is 0 Å². The Morgan fingerprint density at radius 2 is 1.03 bits per heavy atom. The molecule has 3 rings (SSSR count). The quantitative estimate of drug-likeness (QED) is 0.169. The monoisotopic (exact) mass is 592 g/mol. The third kappa shape index (κ3) is 13.1. The molecule has 2 aromatic carbocycles. The second-order valence-electron chi connectivity index (χ2n) is 5.57. The van der Waals surface area contributed by atoms with E-state index in [1.54, 1.807) is 0 Å². The van der Waals surface area contributed by atoms with Crippen LogP contribution in [0.25, 0.3) is 0 Å². The van der Waals surface area contributed by atoms with Crippen LogP contribution in [0.2, 0.25) is 0 Å². The first-order valence-corrected chi connectivity index (χ1v) is 8.48. The Hall–Kier alpha value is -1.81. The van der Waals surface area contributed by atoms with Gasteiger partial charge in [0.1, 0.15) is 0 Å². The molecule has 162 valence electrons. The molecule has 0 aliphatic heterocycles. The average molecular weight is 592 g/mol. The molecule has 0 nitrogen and oxygen atoms in total. The number of hydrogen-bond donors (Lipinski definition) is 0. The number of alkyl halides is 6. The Morgan fingerprint density at radius 3 is 1.41 bits per heavy atom. The number of rotatable bonds is 0. The molecule has 0 spiro atoms. The fraction of sp³-hybridized carbons (Fsp3) is 0.273. The molecule has 0 fully saturated rings. The standard InChI is InChI=1S/C8H11.2C7H4F3.Pt/c1-2-4-6-8-7-5-3-1;2*8-7(9,10)6-4-2-1-3-5-6;/h1-2,7H,3-6H2;2*2-5H;/q3*-1;. The van der Waals surface area contributed by atoms with Gasteiger partial charge in [-0.25, -0.2) is 0 Å². The molecular formula is C22H19F6Pt-3. The summed E-state index contributed by atoms with van der Waals surface area (Å²) < 4.78 is 70.6. The summed E-state index contributed by atoms with van der Waals surface area (Å²) in [6.45, 7) is 0. The minimum Gasteiger partial charge on any atom is -0.500 e. The molecule has 1 aliphatic rings. The Morgan fingerprint density at radius 1 is 0.621 bits per heavy atom. The first kappa shape index (κ1) is 27.2. The van der Waals surface area contributed by atoms with E-state index in [1.165, 1.54) is 43.5 Å². The second-order valence-corrected chi connectivity index (χ2v) is 5.57. The smallest absolute Gasteiger partial charge is 0.394 e. The summed E-state index contributed by atoms with van der Waals surface area (Å²) in [7, 11) is 0. The van der Waals surface area contributed by atoms with E-state index >= 15 is 0 Å². The Kier molecular flexibility index (Phi) is 13.3. The largest absolute Gasteiger partial charge is 0.500 e. The van der Waals surface area contributed by atoms with Gasteiger partial charge in [0.15, 0.2) is 0 Å². The third-order valence-electron chi connectivity index (χ3n) is 3.34. The molecule has 2 aromatic rings. The van der Waals surface area contributed by atoms with Crippen LogP contribution in [0.15, 0.2) is 66.8 Å². The maximum Gasteiger partial charge on any atom is 0.394 e. The predicted octanol–water partition coefficient (Wildman–Crippen LogP) is 7.48. The Balaban J connectivity index is 0.000000401. The first-order valence-electron chi connectivity index (χ1n) is 8.48. The van der Waals surface area contributed by atoms with Crippen molar-refractivity contribution in [1.29, 1.82) is 0 Å². The molecule has 0 saturated carbocycles. The van der Waals surface area contributed by atoms with Gasteiger partial charge >= 0.3 is 12.4 Å². The van der Waals surface area contributed by atoms with Gasteiger partial charge < -0.3 is 6.08 Å². The van der Waals surface area contributed by atoms with E-state index in [0.29, 0.717) is 0 Å². The molecule has 0 atom stereocenters. The molecule has 0 bridgehead atoms. The van der Waals surface area contributed by atoms with Gasteiger partial charge in [-0.3, -0.25) is 6.08 Å². The summed E-state index contributed by atoms with van der Waals surface area (Å²) in [5.74, 6) is 0. The molecule has 0 N–H and O–H groups in total. The number of benzene rings is 2. The van der Waals surface area contributed by atoms with Gasteiger partial charge in [-0.15, -0.1) is 0 Å². The Labute approximate surface area is 181 Å². The van der Waals surface area contributed by atoms with Crippen molar-refractivity contribution < 1.29 is 47.4 Å². The number of halogens is 6. The fourth-order valence-electron chi connectivity index (χ4n) is 1.94. The van der Waals surface area contributed by atoms with E-state index in [2.05, 4.69) is 36.4 Å². The summed E-state index contributed by atoms with van der Waals surface area (Å²) in [4.78, 5) is 0. The van der Waals surface area contributed by atoms with E-state index in [0.717, 1.165) is 30.7 Å². The van der Waals surface area contributed by atoms with E-state index in [-0.39, 0.29) is 21.1 Å². The second kappa shape index (κ2) is 14.2. The predicted molar refractivity (Wildman–Crippen MR) is 96.0 cm³/mol. The van der Waals surface area contributed by atoms with Crippen LogP contribution in [-0.4, -0.2) is 0 Å². The van der Waals surface area contributed by atoms with Crippen molar-refractivity contribution >= 4 is 0 Å². The topological polar surface area (TPSA) is 0 Å². The van der Waals surface area contributed by atoms with Gasteiger partial charge in [0, 0.05) is 21.1 Å². The average Bonchev–Trinajstić information content (AvgIpc) is 2.62. The zero-order valence-corrected chi connectivity index (χ0v) is 17.5. The molecule has 1 aliphatic carbocycles. The first-order chi connectivity index (χ1) is 13.2. The van der Waals surface area contributed by atoms with Crippen molar-refractivity contribution in [3.05, 3.63) is 96.1 Å². The van der Waals surface area contributed by atoms with Crippen LogP contribution in [0, 0.1) is 18.2 Å². The number of hydrogen-bond acceptors (Lipinski definition) is 0. The van der Waals surface area contributed by atoms with Gasteiger partial charge in [-0.05, 0) is 6.42 Å². The summed E-state index contributed by atoms with van der Waals surface area (Å²) in [5.41, 5.74) is -1.27. The van der Waals surface area contributed by atoms with Crippen LogP contribution in [0.3, 0.4) is 0 Å². The van der Waals surface area contributed by atoms with E-state index < -0.39 is 23.5 Å². The molecule has 0 heterocycles. The summed E-state index contributed by atoms with van der Waals surface area (Å²) in [6, 6.07) is 13.9. The molecule has 0 radical (unpaired) electrons. The normalized spacial score (nSPS) is 13.4. The number of allylic oxidation sites excluding steroid dienone is 4. The van der Waals surface area contributed by atoms with Crippen molar-refractivity contribution in [1.82, 2.24) is 0 Å². The third-order valence-corrected chi connectivity index (χ3v) is 3.34. The molecule has 0 saturated heterocycles. The SMILES string of the molecule is FC(F)(F)c1cc[c-]cc1.FC(F)(F)c1cc[c-]cc1.[C-]1=CCCC=CCC1.[Pt]. The van der Waals surface area contributed by atoms with Crippen molar-refractivity contribution in [3.8, 4) is 0 Å². The maximum absolute atomic E-state index is 11.8. The minimum atomic E-state index is -4.23. The molecular weight excluding hydrogens is 573 g/mol. The van der Waals surface area contributed by atoms with Gasteiger partial charge in [0.05, 0.1) is 0 Å². The van der Waals surface area contributed by atoms with E-state index in [1.807, 2.05) is 0 Å². The fourth-order valence-corrected chi connectivity index (χ4v) is 1.94. The molecule has 0 amide bonds. The molecule has 0 unspecified atom stereocenters. The maximum atomic E-state index is 11.8. The van der Waals surface area contributed by atoms with Gasteiger partial charge in [0.2, 0.25) is 0 Å². The van der Waals surface area contributed by atoms with Crippen LogP contribution in [0.1, 0.15) is 36.8 Å². The summed E-state index contributed by atoms with van der Waals surface area (Å²) in [5, 5.41) is 0. The Bertz CT molecular complexity index is 628. The van der Waals surface area contributed by atoms with Crippen LogP contribution < -0.4 is 0 Å². The van der Waals surface area contributed by atoms with Crippen molar-refractivity contribution in [2.24, 2.45) is 0 Å². The summed E-state index contributed by atoms with van der Waals surface area (Å²) >= 11 is 0. The molecule has 29 heavy (non-hydrogen) atoms. The van der Waals surface area contributed by atoms with E-state index in [4.69, 9.17) is 0 Å². The van der Waals surface area contributed by atoms with E-state index in [9.17, 15) is 26.3 Å². The summed E-state index contributed by atoms with van der Waals surface area (Å²) in [6.07, 6.45) is 6.05. The van der Waals surface area contributed by atoms with Gasteiger partial charge in [-0.2, -0.15) is 93.4 Å². The van der Waals surface area contributed by atoms with Crippen LogP contribution in [0.5, 0.6) is 0 Å². The zero-order valence-electron chi connectivity index (χ0n) is 15.3. The van der Waals surface area contributed by atoms with Crippen LogP contribution >= 0.6 is 0 Å². The minimum absolute atomic E-state index is 0. The van der Waals surface area contributed by atoms with Crippen LogP contribution in [0.4, 0.5) is 26.3 Å². The van der Waals surface area contributed by atoms with Crippen molar-refractivity contribution in [3.63, 3.8) is 0 Å². The van der Waals surface area contributed by atoms with Crippen LogP contribution in [-0.2, 0) is 33.4 Å². The van der Waals surface area contributed by atoms with Crippen molar-refractivity contribution in [2.45, 2.75) is 38.0 Å². The van der Waals surface area contributed by atoms with Gasteiger partial charge in [0.25, 0.3) is 0 Å². The molecule has 0 aromatic heterocycles. The molecule has 7 heteroatoms.